The molecule has 1 saturated carbocycles. The number of nitrogens with one attached hydrogen (secondary N) is 1. The third-order valence-corrected chi connectivity index (χ3v) is 3.80. The van der Waals surface area contributed by atoms with Crippen LogP contribution in [0.2, 0.25) is 0 Å². The second-order valence-corrected chi connectivity index (χ2v) is 5.08. The Morgan fingerprint density at radius 1 is 1.44 bits per heavy atom. The molecule has 2 heteroatoms. The van der Waals surface area contributed by atoms with E-state index in [1.807, 2.05) is 7.11 Å². The van der Waals surface area contributed by atoms with Crippen LogP contribution < -0.4 is 5.32 Å². The summed E-state index contributed by atoms with van der Waals surface area (Å²) in [5, 5.41) is 3.61. The van der Waals surface area contributed by atoms with Gasteiger partial charge in [-0.05, 0) is 39.2 Å². The number of hydrogen-bond acceptors (Lipinski definition) is 2. The molecule has 1 aliphatic rings. The molecule has 0 heterocycles. The summed E-state index contributed by atoms with van der Waals surface area (Å²) in [4.78, 5) is 0. The van der Waals surface area contributed by atoms with Crippen LogP contribution in [0.1, 0.15) is 52.4 Å². The fourth-order valence-corrected chi connectivity index (χ4v) is 2.86. The largest absolute Gasteiger partial charge is 0.377 e. The Morgan fingerprint density at radius 3 is 2.50 bits per heavy atom. The highest BCUT2D eigenvalue weighted by Crippen LogP contribution is 2.37. The van der Waals surface area contributed by atoms with Crippen LogP contribution in [-0.2, 0) is 4.74 Å². The van der Waals surface area contributed by atoms with E-state index in [1.165, 1.54) is 31.3 Å². The first-order valence-electron chi connectivity index (χ1n) is 6.57. The Hall–Kier alpha value is -0.340. The van der Waals surface area contributed by atoms with Crippen molar-refractivity contribution in [2.24, 2.45) is 0 Å². The van der Waals surface area contributed by atoms with E-state index in [4.69, 9.17) is 4.74 Å². The second-order valence-electron chi connectivity index (χ2n) is 5.08. The summed E-state index contributed by atoms with van der Waals surface area (Å²) in [6.45, 7) is 9.29. The number of hydrogen-bond donors (Lipinski definition) is 1. The van der Waals surface area contributed by atoms with Crippen LogP contribution in [0.4, 0.5) is 0 Å². The highest BCUT2D eigenvalue weighted by atomic mass is 16.5. The Morgan fingerprint density at radius 2 is 2.06 bits per heavy atom. The van der Waals surface area contributed by atoms with Gasteiger partial charge in [-0.3, -0.25) is 0 Å². The number of rotatable bonds is 7. The van der Waals surface area contributed by atoms with E-state index in [0.717, 1.165) is 19.4 Å². The molecule has 1 N–H and O–H groups in total. The van der Waals surface area contributed by atoms with Crippen molar-refractivity contribution in [2.75, 3.05) is 13.7 Å². The predicted octanol–water partition coefficient (Wildman–Crippen LogP) is 3.28. The first-order chi connectivity index (χ1) is 7.64. The Labute approximate surface area is 100 Å². The molecule has 94 valence electrons. The van der Waals surface area contributed by atoms with Gasteiger partial charge in [0.2, 0.25) is 0 Å². The molecule has 0 radical (unpaired) electrons. The minimum atomic E-state index is 0.0888. The first kappa shape index (κ1) is 13.7. The standard InChI is InChI=1S/C14H27NO/c1-5-15-13(9-8-12(2)3)14(16-4)10-6-7-11-14/h13,15H,2,5-11H2,1,3-4H3. The molecule has 0 saturated heterocycles. The van der Waals surface area contributed by atoms with E-state index in [0.29, 0.717) is 6.04 Å². The van der Waals surface area contributed by atoms with Gasteiger partial charge in [0.05, 0.1) is 5.60 Å². The lowest BCUT2D eigenvalue weighted by Gasteiger charge is -2.37. The van der Waals surface area contributed by atoms with Gasteiger partial charge in [-0.1, -0.05) is 25.3 Å². The molecule has 1 atom stereocenters. The predicted molar refractivity (Wildman–Crippen MR) is 69.7 cm³/mol. The van der Waals surface area contributed by atoms with Gasteiger partial charge in [0.15, 0.2) is 0 Å². The summed E-state index contributed by atoms with van der Waals surface area (Å²) in [6.07, 6.45) is 7.28. The van der Waals surface area contributed by atoms with Gasteiger partial charge in [0.25, 0.3) is 0 Å². The molecular formula is C14H27NO. The molecule has 0 aliphatic heterocycles. The molecule has 1 aliphatic carbocycles. The summed E-state index contributed by atoms with van der Waals surface area (Å²) < 4.78 is 5.85. The van der Waals surface area contributed by atoms with Crippen molar-refractivity contribution < 1.29 is 4.74 Å². The normalized spacial score (nSPS) is 20.9. The van der Waals surface area contributed by atoms with Gasteiger partial charge >= 0.3 is 0 Å². The molecule has 1 unspecified atom stereocenters. The van der Waals surface area contributed by atoms with Gasteiger partial charge in [-0.2, -0.15) is 0 Å². The summed E-state index contributed by atoms with van der Waals surface area (Å²) in [5.41, 5.74) is 1.36. The second kappa shape index (κ2) is 6.41. The lowest BCUT2D eigenvalue weighted by molar-refractivity contribution is -0.0372. The van der Waals surface area contributed by atoms with E-state index < -0.39 is 0 Å². The van der Waals surface area contributed by atoms with Crippen molar-refractivity contribution in [3.05, 3.63) is 12.2 Å². The van der Waals surface area contributed by atoms with Crippen LogP contribution in [0, 0.1) is 0 Å². The number of likely N-dealkylation sites (N-methyl/N-ethyl adjacent to an activating group) is 1. The molecule has 0 aromatic rings. The average Bonchev–Trinajstić information content (AvgIpc) is 2.73. The van der Waals surface area contributed by atoms with Gasteiger partial charge in [-0.15, -0.1) is 6.58 Å². The van der Waals surface area contributed by atoms with Crippen molar-refractivity contribution in [3.8, 4) is 0 Å². The van der Waals surface area contributed by atoms with Gasteiger partial charge < -0.3 is 10.1 Å². The van der Waals surface area contributed by atoms with Crippen LogP contribution in [0.5, 0.6) is 0 Å². The zero-order chi connectivity index (χ0) is 12.0. The lowest BCUT2D eigenvalue weighted by atomic mass is 9.87. The first-order valence-corrected chi connectivity index (χ1v) is 6.57. The molecule has 0 spiro atoms. The molecule has 1 fully saturated rings. The van der Waals surface area contributed by atoms with E-state index in [-0.39, 0.29) is 5.60 Å². The van der Waals surface area contributed by atoms with Gasteiger partial charge in [0.1, 0.15) is 0 Å². The Balaban J connectivity index is 2.62. The maximum atomic E-state index is 5.85. The molecule has 0 aromatic heterocycles. The van der Waals surface area contributed by atoms with E-state index in [9.17, 15) is 0 Å². The molecular weight excluding hydrogens is 198 g/mol. The average molecular weight is 225 g/mol. The van der Waals surface area contributed by atoms with Crippen LogP contribution in [0.15, 0.2) is 12.2 Å². The molecule has 1 rings (SSSR count). The molecule has 16 heavy (non-hydrogen) atoms. The highest BCUT2D eigenvalue weighted by molar-refractivity contribution is 4.99. The number of ether oxygens (including phenoxy) is 1. The molecule has 0 aromatic carbocycles. The fraction of sp³-hybridized carbons (Fsp3) is 0.857. The summed E-state index contributed by atoms with van der Waals surface area (Å²) in [7, 11) is 1.87. The van der Waals surface area contributed by atoms with Crippen molar-refractivity contribution in [3.63, 3.8) is 0 Å². The van der Waals surface area contributed by atoms with Gasteiger partial charge in [0, 0.05) is 13.2 Å². The smallest absolute Gasteiger partial charge is 0.0831 e. The van der Waals surface area contributed by atoms with Crippen molar-refractivity contribution >= 4 is 0 Å². The van der Waals surface area contributed by atoms with E-state index >= 15 is 0 Å². The van der Waals surface area contributed by atoms with Crippen molar-refractivity contribution in [2.45, 2.75) is 64.0 Å². The molecule has 0 amide bonds. The number of allylic oxidation sites excluding steroid dienone is 1. The minimum Gasteiger partial charge on any atom is -0.377 e. The summed E-state index contributed by atoms with van der Waals surface area (Å²) >= 11 is 0. The minimum absolute atomic E-state index is 0.0888. The van der Waals surface area contributed by atoms with Crippen LogP contribution in [-0.4, -0.2) is 25.3 Å². The molecule has 0 bridgehead atoms. The van der Waals surface area contributed by atoms with Gasteiger partial charge in [-0.25, -0.2) is 0 Å². The zero-order valence-corrected chi connectivity index (χ0v) is 11.1. The quantitative estimate of drug-likeness (QED) is 0.671. The number of methoxy groups -OCH3 is 1. The third kappa shape index (κ3) is 3.33. The highest BCUT2D eigenvalue weighted by Gasteiger charge is 2.40. The Bertz CT molecular complexity index is 219. The van der Waals surface area contributed by atoms with Crippen LogP contribution >= 0.6 is 0 Å². The lowest BCUT2D eigenvalue weighted by Crippen LogP contribution is -2.50. The van der Waals surface area contributed by atoms with Crippen molar-refractivity contribution in [1.82, 2.24) is 5.32 Å². The maximum Gasteiger partial charge on any atom is 0.0831 e. The van der Waals surface area contributed by atoms with Crippen LogP contribution in [0.25, 0.3) is 0 Å². The fourth-order valence-electron chi connectivity index (χ4n) is 2.86. The SMILES string of the molecule is C=C(C)CCC(NCC)C1(OC)CCCC1. The Kier molecular flexibility index (Phi) is 5.50. The monoisotopic (exact) mass is 225 g/mol. The zero-order valence-electron chi connectivity index (χ0n) is 11.1. The van der Waals surface area contributed by atoms with E-state index in [1.54, 1.807) is 0 Å². The third-order valence-electron chi connectivity index (χ3n) is 3.80. The van der Waals surface area contributed by atoms with E-state index in [2.05, 4.69) is 25.7 Å². The summed E-state index contributed by atoms with van der Waals surface area (Å²) in [5.74, 6) is 0. The summed E-state index contributed by atoms with van der Waals surface area (Å²) in [6, 6.07) is 0.488. The maximum absolute atomic E-state index is 5.85. The topological polar surface area (TPSA) is 21.3 Å². The van der Waals surface area contributed by atoms with Crippen LogP contribution in [0.3, 0.4) is 0 Å². The molecule has 2 nitrogen and oxygen atoms in total. The van der Waals surface area contributed by atoms with Crippen molar-refractivity contribution in [1.29, 1.82) is 0 Å².